The van der Waals surface area contributed by atoms with Gasteiger partial charge in [0.05, 0.1) is 5.56 Å². The molecule has 0 aliphatic carbocycles. The lowest BCUT2D eigenvalue weighted by atomic mass is 9.86. The van der Waals surface area contributed by atoms with E-state index in [-0.39, 0.29) is 29.9 Å². The van der Waals surface area contributed by atoms with Gasteiger partial charge in [-0.2, -0.15) is 0 Å². The molecule has 0 bridgehead atoms. The van der Waals surface area contributed by atoms with Gasteiger partial charge < -0.3 is 10.6 Å². The third-order valence-electron chi connectivity index (χ3n) is 4.37. The average molecular weight is 388 g/mol. The third kappa shape index (κ3) is 6.44. The number of rotatable bonds is 7. The highest BCUT2D eigenvalue weighted by Crippen LogP contribution is 2.22. The van der Waals surface area contributed by atoms with Crippen molar-refractivity contribution in [3.8, 4) is 0 Å². The van der Waals surface area contributed by atoms with Crippen molar-refractivity contribution < 1.29 is 18.4 Å². The highest BCUT2D eigenvalue weighted by Gasteiger charge is 2.13. The maximum Gasteiger partial charge on any atom is 0.254 e. The minimum Gasteiger partial charge on any atom is -0.356 e. The Morgan fingerprint density at radius 2 is 1.61 bits per heavy atom. The number of amides is 2. The lowest BCUT2D eigenvalue weighted by Crippen LogP contribution is -2.32. The molecule has 2 amide bonds. The summed E-state index contributed by atoms with van der Waals surface area (Å²) in [5.74, 6) is -2.56. The smallest absolute Gasteiger partial charge is 0.254 e. The zero-order valence-electron chi connectivity index (χ0n) is 16.4. The highest BCUT2D eigenvalue weighted by molar-refractivity contribution is 5.94. The molecule has 6 heteroatoms. The number of hydrogen-bond donors (Lipinski definition) is 2. The van der Waals surface area contributed by atoms with E-state index in [9.17, 15) is 18.4 Å². The fourth-order valence-corrected chi connectivity index (χ4v) is 2.66. The van der Waals surface area contributed by atoms with Crippen molar-refractivity contribution in [3.05, 3.63) is 70.8 Å². The molecule has 0 fully saturated rings. The number of hydrogen-bond acceptors (Lipinski definition) is 2. The Morgan fingerprint density at radius 1 is 0.929 bits per heavy atom. The van der Waals surface area contributed by atoms with Gasteiger partial charge in [0.1, 0.15) is 11.6 Å². The number of carbonyl (C=O) groups is 2. The van der Waals surface area contributed by atoms with Crippen molar-refractivity contribution >= 4 is 11.8 Å². The van der Waals surface area contributed by atoms with Crippen molar-refractivity contribution in [2.24, 2.45) is 0 Å². The lowest BCUT2D eigenvalue weighted by Gasteiger charge is -2.19. The summed E-state index contributed by atoms with van der Waals surface area (Å²) in [6.45, 7) is 7.04. The molecule has 0 aromatic heterocycles. The molecule has 150 valence electrons. The van der Waals surface area contributed by atoms with E-state index in [0.717, 1.165) is 17.7 Å². The average Bonchev–Trinajstić information content (AvgIpc) is 2.61. The molecule has 2 rings (SSSR count). The van der Waals surface area contributed by atoms with E-state index in [1.807, 2.05) is 0 Å². The van der Waals surface area contributed by atoms with Crippen molar-refractivity contribution in [2.45, 2.75) is 39.0 Å². The molecule has 0 unspecified atom stereocenters. The van der Waals surface area contributed by atoms with Crippen LogP contribution in [0.15, 0.2) is 42.5 Å². The summed E-state index contributed by atoms with van der Waals surface area (Å²) >= 11 is 0. The predicted octanol–water partition coefficient (Wildman–Crippen LogP) is 3.74. The van der Waals surface area contributed by atoms with E-state index in [4.69, 9.17) is 0 Å². The van der Waals surface area contributed by atoms with Crippen LogP contribution < -0.4 is 10.6 Å². The summed E-state index contributed by atoms with van der Waals surface area (Å²) < 4.78 is 26.4. The van der Waals surface area contributed by atoms with E-state index in [2.05, 4.69) is 55.7 Å². The van der Waals surface area contributed by atoms with Gasteiger partial charge in [0.15, 0.2) is 0 Å². The topological polar surface area (TPSA) is 58.2 Å². The maximum absolute atomic E-state index is 13.5. The summed E-state index contributed by atoms with van der Waals surface area (Å²) in [7, 11) is 0. The minimum atomic E-state index is -0.931. The Hall–Kier alpha value is -2.76. The molecule has 4 nitrogen and oxygen atoms in total. The molecule has 2 aromatic carbocycles. The Morgan fingerprint density at radius 3 is 2.21 bits per heavy atom. The first-order chi connectivity index (χ1) is 13.2. The van der Waals surface area contributed by atoms with Crippen LogP contribution in [0.1, 0.15) is 48.7 Å². The van der Waals surface area contributed by atoms with Gasteiger partial charge in [0.25, 0.3) is 5.91 Å². The first-order valence-electron chi connectivity index (χ1n) is 9.26. The summed E-state index contributed by atoms with van der Waals surface area (Å²) in [4.78, 5) is 23.7. The summed E-state index contributed by atoms with van der Waals surface area (Å²) in [6.07, 6.45) is 0.792. The molecule has 0 aliphatic heterocycles. The molecule has 2 aromatic rings. The zero-order valence-corrected chi connectivity index (χ0v) is 16.4. The Labute approximate surface area is 164 Å². The highest BCUT2D eigenvalue weighted by atomic mass is 19.1. The van der Waals surface area contributed by atoms with Crippen molar-refractivity contribution in [3.63, 3.8) is 0 Å². The van der Waals surface area contributed by atoms with Crippen LogP contribution in [0.3, 0.4) is 0 Å². The minimum absolute atomic E-state index is 0.0712. The van der Waals surface area contributed by atoms with Gasteiger partial charge in [-0.25, -0.2) is 8.78 Å². The number of nitrogens with one attached hydrogen (secondary N) is 2. The Balaban J connectivity index is 1.69. The van der Waals surface area contributed by atoms with Crippen LogP contribution in [0.2, 0.25) is 0 Å². The van der Waals surface area contributed by atoms with Crippen LogP contribution >= 0.6 is 0 Å². The van der Waals surface area contributed by atoms with E-state index in [1.54, 1.807) is 0 Å². The van der Waals surface area contributed by atoms with Gasteiger partial charge in [0, 0.05) is 25.6 Å². The molecule has 0 radical (unpaired) electrons. The number of halogens is 2. The predicted molar refractivity (Wildman–Crippen MR) is 105 cm³/mol. The second-order valence-corrected chi connectivity index (χ2v) is 7.68. The van der Waals surface area contributed by atoms with Gasteiger partial charge >= 0.3 is 0 Å². The fraction of sp³-hybridized carbons (Fsp3) is 0.364. The van der Waals surface area contributed by atoms with Crippen molar-refractivity contribution in [2.75, 3.05) is 13.1 Å². The normalized spacial score (nSPS) is 11.2. The van der Waals surface area contributed by atoms with Crippen LogP contribution in [-0.4, -0.2) is 24.9 Å². The quantitative estimate of drug-likeness (QED) is 0.759. The lowest BCUT2D eigenvalue weighted by molar-refractivity contribution is -0.120. The molecule has 0 saturated heterocycles. The first-order valence-corrected chi connectivity index (χ1v) is 9.26. The van der Waals surface area contributed by atoms with E-state index in [0.29, 0.717) is 19.0 Å². The molecule has 0 atom stereocenters. The fourth-order valence-electron chi connectivity index (χ4n) is 2.66. The van der Waals surface area contributed by atoms with Crippen LogP contribution in [-0.2, 0) is 16.6 Å². The molecule has 28 heavy (non-hydrogen) atoms. The molecule has 2 N–H and O–H groups in total. The molecular weight excluding hydrogens is 362 g/mol. The standard InChI is InChI=1S/C22H26F2N2O2/c1-22(2,3)16-6-4-15(5-7-16)10-12-25-20(27)11-13-26-21(28)18-9-8-17(23)14-19(18)24/h4-9,14H,10-13H2,1-3H3,(H,25,27)(H,26,28). The third-order valence-corrected chi connectivity index (χ3v) is 4.37. The SMILES string of the molecule is CC(C)(C)c1ccc(CCNC(=O)CCNC(=O)c2ccc(F)cc2F)cc1. The van der Waals surface area contributed by atoms with Crippen LogP contribution in [0.25, 0.3) is 0 Å². The van der Waals surface area contributed by atoms with Gasteiger partial charge in [0.2, 0.25) is 5.91 Å². The second kappa shape index (κ2) is 9.44. The zero-order chi connectivity index (χ0) is 20.7. The Bertz CT molecular complexity index is 827. The second-order valence-electron chi connectivity index (χ2n) is 7.68. The van der Waals surface area contributed by atoms with Crippen molar-refractivity contribution in [1.82, 2.24) is 10.6 Å². The molecule has 0 aliphatic rings. The van der Waals surface area contributed by atoms with Gasteiger partial charge in [-0.3, -0.25) is 9.59 Å². The molecular formula is C22H26F2N2O2. The van der Waals surface area contributed by atoms with E-state index >= 15 is 0 Å². The summed E-state index contributed by atoms with van der Waals surface area (Å²) in [5.41, 5.74) is 2.25. The first kappa shape index (κ1) is 21.5. The molecule has 0 saturated carbocycles. The molecule has 0 spiro atoms. The monoisotopic (exact) mass is 388 g/mol. The largest absolute Gasteiger partial charge is 0.356 e. The summed E-state index contributed by atoms with van der Waals surface area (Å²) in [6, 6.07) is 11.1. The maximum atomic E-state index is 13.5. The number of benzene rings is 2. The Kier molecular flexibility index (Phi) is 7.26. The summed E-state index contributed by atoms with van der Waals surface area (Å²) in [5, 5.41) is 5.25. The van der Waals surface area contributed by atoms with E-state index < -0.39 is 17.5 Å². The van der Waals surface area contributed by atoms with Gasteiger partial charge in [-0.05, 0) is 35.1 Å². The van der Waals surface area contributed by atoms with Gasteiger partial charge in [-0.1, -0.05) is 45.0 Å². The van der Waals surface area contributed by atoms with Crippen molar-refractivity contribution in [1.29, 1.82) is 0 Å². The van der Waals surface area contributed by atoms with Crippen LogP contribution in [0, 0.1) is 11.6 Å². The number of carbonyl (C=O) groups excluding carboxylic acids is 2. The molecule has 0 heterocycles. The van der Waals surface area contributed by atoms with E-state index in [1.165, 1.54) is 5.56 Å². The van der Waals surface area contributed by atoms with Crippen LogP contribution in [0.4, 0.5) is 8.78 Å². The van der Waals surface area contributed by atoms with Crippen LogP contribution in [0.5, 0.6) is 0 Å². The van der Waals surface area contributed by atoms with Gasteiger partial charge in [-0.15, -0.1) is 0 Å².